The SMILES string of the molecule is CC[Si](CC)(CC)OC[C@H]1O[C@@H](Sc2ccc(C)cc2)[C@H](OCc2ccccc2)[C@@H](OCc2ccccc2)[C@@H]1O[C@@H]1O[C@H](COCc2ccccc2)[C@H](OCc2ccccc2)[C@H](OCc2ccccc2)[C@H]1OCc1ccccc1. The molecule has 0 amide bonds. The van der Waals surface area contributed by atoms with E-state index in [4.69, 9.17) is 47.1 Å². The summed E-state index contributed by atoms with van der Waals surface area (Å²) in [5.74, 6) is 0. The highest BCUT2D eigenvalue weighted by molar-refractivity contribution is 7.99. The number of aryl methyl sites for hydroxylation is 1. The highest BCUT2D eigenvalue weighted by Gasteiger charge is 2.55. The normalized spacial score (nSPS) is 23.3. The maximum absolute atomic E-state index is 7.76. The number of hydrogen-bond donors (Lipinski definition) is 0. The van der Waals surface area contributed by atoms with Gasteiger partial charge in [-0.15, -0.1) is 0 Å². The van der Waals surface area contributed by atoms with Crippen molar-refractivity contribution >= 4 is 20.1 Å². The summed E-state index contributed by atoms with van der Waals surface area (Å²) in [6.45, 7) is 11.1. The topological polar surface area (TPSA) is 92.3 Å². The van der Waals surface area contributed by atoms with E-state index in [9.17, 15) is 0 Å². The lowest BCUT2D eigenvalue weighted by atomic mass is 9.96. The molecule has 9 rings (SSSR count). The van der Waals surface area contributed by atoms with Crippen LogP contribution < -0.4 is 0 Å². The molecule has 0 unspecified atom stereocenters. The minimum Gasteiger partial charge on any atom is -0.414 e. The molecular weight excluding hydrogens is 1020 g/mol. The summed E-state index contributed by atoms with van der Waals surface area (Å²) in [6.07, 6.45) is -6.80. The Bertz CT molecular complexity index is 2760. The van der Waals surface area contributed by atoms with Crippen LogP contribution in [0.2, 0.25) is 18.1 Å². The Balaban J connectivity index is 1.16. The van der Waals surface area contributed by atoms with E-state index >= 15 is 0 Å². The quantitative estimate of drug-likeness (QED) is 0.0420. The van der Waals surface area contributed by atoms with Gasteiger partial charge in [0.1, 0.15) is 54.3 Å². The van der Waals surface area contributed by atoms with Crippen molar-refractivity contribution in [1.29, 1.82) is 0 Å². The van der Waals surface area contributed by atoms with E-state index < -0.39 is 68.9 Å². The Kier molecular flexibility index (Phi) is 22.5. The zero-order valence-corrected chi connectivity index (χ0v) is 48.0. The van der Waals surface area contributed by atoms with Gasteiger partial charge >= 0.3 is 0 Å². The van der Waals surface area contributed by atoms with Crippen LogP contribution in [0.15, 0.2) is 211 Å². The molecule has 0 aliphatic carbocycles. The Labute approximate surface area is 474 Å². The van der Waals surface area contributed by atoms with Crippen molar-refractivity contribution in [1.82, 2.24) is 0 Å². The predicted molar refractivity (Wildman–Crippen MR) is 314 cm³/mol. The molecule has 10 nitrogen and oxygen atoms in total. The molecular formula is C67H78O10SSi. The average molecular weight is 1100 g/mol. The Hall–Kier alpha value is -5.29. The fraction of sp³-hybridized carbons (Fsp3) is 0.373. The van der Waals surface area contributed by atoms with Gasteiger partial charge in [-0.25, -0.2) is 0 Å². The standard InChI is InChI=1S/C67H78O10SSi/c1-5-79(6-2,7-3)74-49-59-61(63(71-45-54-32-20-11-21-33-54)65(73-47-56-36-24-13-25-37-56)67(76-59)78-57-40-38-50(4)39-41-57)77-66-64(72-46-55-34-22-12-23-35-55)62(70-44-53-30-18-10-19-31-53)60(69-43-52-28-16-9-17-29-52)58(75-66)48-68-42-51-26-14-8-15-27-51/h8-41,58-67H,5-7,42-49H2,1-4H3/t58-,59-,60+,61-,62+,63+,64-,65-,66+,67+/m1/s1. The van der Waals surface area contributed by atoms with Crippen molar-refractivity contribution in [2.75, 3.05) is 13.2 Å². The van der Waals surface area contributed by atoms with Crippen molar-refractivity contribution in [3.05, 3.63) is 245 Å². The molecule has 10 atom stereocenters. The fourth-order valence-corrected chi connectivity index (χ4v) is 14.0. The second-order valence-corrected chi connectivity index (χ2v) is 26.4. The van der Waals surface area contributed by atoms with Crippen LogP contribution in [0.3, 0.4) is 0 Å². The maximum atomic E-state index is 7.76. The molecule has 12 heteroatoms. The van der Waals surface area contributed by atoms with Crippen LogP contribution in [-0.4, -0.2) is 82.1 Å². The summed E-state index contributed by atoms with van der Waals surface area (Å²) in [4.78, 5) is 1.05. The van der Waals surface area contributed by atoms with Crippen LogP contribution in [0.5, 0.6) is 0 Å². The summed E-state index contributed by atoms with van der Waals surface area (Å²) in [7, 11) is -2.20. The lowest BCUT2D eigenvalue weighted by Crippen LogP contribution is -2.66. The molecule has 2 heterocycles. The van der Waals surface area contributed by atoms with Crippen LogP contribution in [0, 0.1) is 6.92 Å². The molecule has 0 spiro atoms. The predicted octanol–water partition coefficient (Wildman–Crippen LogP) is 14.1. The van der Waals surface area contributed by atoms with E-state index in [2.05, 4.69) is 125 Å². The highest BCUT2D eigenvalue weighted by Crippen LogP contribution is 2.41. The lowest BCUT2D eigenvalue weighted by Gasteiger charge is -2.50. The highest BCUT2D eigenvalue weighted by atomic mass is 32.2. The van der Waals surface area contributed by atoms with E-state index in [0.29, 0.717) is 19.8 Å². The maximum Gasteiger partial charge on any atom is 0.192 e. The van der Waals surface area contributed by atoms with Gasteiger partial charge in [-0.2, -0.15) is 0 Å². The number of benzene rings is 7. The van der Waals surface area contributed by atoms with E-state index in [1.165, 1.54) is 5.56 Å². The third kappa shape index (κ3) is 16.9. The Morgan fingerprint density at radius 3 is 1.18 bits per heavy atom. The van der Waals surface area contributed by atoms with Crippen molar-refractivity contribution < 1.29 is 47.1 Å². The van der Waals surface area contributed by atoms with E-state index in [0.717, 1.165) is 56.4 Å². The number of thioether (sulfide) groups is 1. The van der Waals surface area contributed by atoms with Crippen molar-refractivity contribution in [2.24, 2.45) is 0 Å². The molecule has 0 aromatic heterocycles. The molecule has 2 fully saturated rings. The zero-order valence-electron chi connectivity index (χ0n) is 46.2. The molecule has 0 N–H and O–H groups in total. The summed E-state index contributed by atoms with van der Waals surface area (Å²) < 4.78 is 72.5. The van der Waals surface area contributed by atoms with Crippen LogP contribution >= 0.6 is 11.8 Å². The van der Waals surface area contributed by atoms with Gasteiger partial charge in [0.05, 0.1) is 52.9 Å². The summed E-state index contributed by atoms with van der Waals surface area (Å²) >= 11 is 1.63. The third-order valence-electron chi connectivity index (χ3n) is 15.1. The third-order valence-corrected chi connectivity index (χ3v) is 20.9. The Morgan fingerprint density at radius 2 is 0.747 bits per heavy atom. The molecule has 0 bridgehead atoms. The molecule has 79 heavy (non-hydrogen) atoms. The minimum atomic E-state index is -2.20. The fourth-order valence-electron chi connectivity index (χ4n) is 10.2. The summed E-state index contributed by atoms with van der Waals surface area (Å²) in [5, 5.41) is 0. The van der Waals surface area contributed by atoms with E-state index in [1.807, 2.05) is 109 Å². The molecule has 2 aliphatic heterocycles. The van der Waals surface area contributed by atoms with Gasteiger partial charge in [-0.1, -0.05) is 232 Å². The van der Waals surface area contributed by atoms with Gasteiger partial charge in [0.25, 0.3) is 0 Å². The van der Waals surface area contributed by atoms with E-state index in [-0.39, 0.29) is 33.0 Å². The van der Waals surface area contributed by atoms with Gasteiger partial charge in [0, 0.05) is 4.90 Å². The van der Waals surface area contributed by atoms with E-state index in [1.54, 1.807) is 11.8 Å². The molecule has 416 valence electrons. The zero-order chi connectivity index (χ0) is 54.5. The first-order chi connectivity index (χ1) is 38.9. The van der Waals surface area contributed by atoms with Crippen LogP contribution in [0.4, 0.5) is 0 Å². The molecule has 2 aliphatic rings. The molecule has 7 aromatic rings. The van der Waals surface area contributed by atoms with Crippen LogP contribution in [-0.2, 0) is 86.7 Å². The molecule has 0 saturated carbocycles. The largest absolute Gasteiger partial charge is 0.414 e. The van der Waals surface area contributed by atoms with Gasteiger partial charge < -0.3 is 47.1 Å². The number of hydrogen-bond acceptors (Lipinski definition) is 11. The van der Waals surface area contributed by atoms with Crippen LogP contribution in [0.1, 0.15) is 59.7 Å². The van der Waals surface area contributed by atoms with Crippen molar-refractivity contribution in [3.8, 4) is 0 Å². The van der Waals surface area contributed by atoms with Crippen molar-refractivity contribution in [2.45, 2.75) is 151 Å². The first-order valence-electron chi connectivity index (χ1n) is 28.1. The smallest absolute Gasteiger partial charge is 0.192 e. The first-order valence-corrected chi connectivity index (χ1v) is 31.5. The number of rotatable bonds is 29. The monoisotopic (exact) mass is 1100 g/mol. The Morgan fingerprint density at radius 1 is 0.380 bits per heavy atom. The minimum absolute atomic E-state index is 0.169. The van der Waals surface area contributed by atoms with Crippen molar-refractivity contribution in [3.63, 3.8) is 0 Å². The number of ether oxygens (including phenoxy) is 9. The molecule has 2 saturated heterocycles. The van der Waals surface area contributed by atoms with Gasteiger partial charge in [0.15, 0.2) is 14.6 Å². The molecule has 7 aromatic carbocycles. The second-order valence-electron chi connectivity index (χ2n) is 20.5. The molecule has 0 radical (unpaired) electrons. The van der Waals surface area contributed by atoms with Gasteiger partial charge in [0.2, 0.25) is 0 Å². The second kappa shape index (κ2) is 30.5. The first kappa shape index (κ1) is 58.4. The summed E-state index contributed by atoms with van der Waals surface area (Å²) in [6, 6.07) is 72.7. The summed E-state index contributed by atoms with van der Waals surface area (Å²) in [5.41, 5.74) is 6.73. The lowest BCUT2D eigenvalue weighted by molar-refractivity contribution is -0.359. The van der Waals surface area contributed by atoms with Crippen LogP contribution in [0.25, 0.3) is 0 Å². The van der Waals surface area contributed by atoms with Gasteiger partial charge in [-0.3, -0.25) is 0 Å². The average Bonchev–Trinajstić information content (AvgIpc) is 3.58. The van der Waals surface area contributed by atoms with Gasteiger partial charge in [-0.05, 0) is 70.6 Å².